The first-order valence-electron chi connectivity index (χ1n) is 12.7. The first kappa shape index (κ1) is 26.6. The Morgan fingerprint density at radius 3 is 2.31 bits per heavy atom. The SMILES string of the molecule is COc1ccc(N2CCN(CCCOc3ccc4oc(=O)cc(OS(=O)(=O)c5ccccc5)c4c3)CC2)cc1. The Morgan fingerprint density at radius 2 is 1.59 bits per heavy atom. The fraction of sp³-hybridized carbons (Fsp3) is 0.276. The topological polar surface area (TPSA) is 98.5 Å². The van der Waals surface area contributed by atoms with Gasteiger partial charge in [-0.1, -0.05) is 18.2 Å². The maximum absolute atomic E-state index is 12.7. The zero-order valence-corrected chi connectivity index (χ0v) is 22.4. The molecule has 0 aliphatic carbocycles. The summed E-state index contributed by atoms with van der Waals surface area (Å²) in [5, 5.41) is 0.334. The summed E-state index contributed by atoms with van der Waals surface area (Å²) in [6.07, 6.45) is 0.830. The van der Waals surface area contributed by atoms with Crippen molar-refractivity contribution in [1.29, 1.82) is 0 Å². The molecule has 0 N–H and O–H groups in total. The van der Waals surface area contributed by atoms with Gasteiger partial charge in [-0.2, -0.15) is 8.42 Å². The smallest absolute Gasteiger partial charge is 0.340 e. The maximum Gasteiger partial charge on any atom is 0.340 e. The Kier molecular flexibility index (Phi) is 8.04. The Morgan fingerprint density at radius 1 is 0.872 bits per heavy atom. The molecule has 1 aliphatic rings. The van der Waals surface area contributed by atoms with Gasteiger partial charge < -0.3 is 23.0 Å². The second kappa shape index (κ2) is 11.8. The highest BCUT2D eigenvalue weighted by Crippen LogP contribution is 2.30. The lowest BCUT2D eigenvalue weighted by molar-refractivity contribution is 0.225. The lowest BCUT2D eigenvalue weighted by atomic mass is 10.2. The van der Waals surface area contributed by atoms with Gasteiger partial charge in [0.05, 0.1) is 25.2 Å². The van der Waals surface area contributed by atoms with Crippen molar-refractivity contribution in [2.45, 2.75) is 11.3 Å². The van der Waals surface area contributed by atoms with Gasteiger partial charge in [0.2, 0.25) is 0 Å². The highest BCUT2D eigenvalue weighted by atomic mass is 32.2. The highest BCUT2D eigenvalue weighted by molar-refractivity contribution is 7.87. The molecule has 1 aliphatic heterocycles. The molecular formula is C29H30N2O7S. The van der Waals surface area contributed by atoms with E-state index in [2.05, 4.69) is 21.9 Å². The second-order valence-electron chi connectivity index (χ2n) is 9.17. The van der Waals surface area contributed by atoms with Crippen molar-refractivity contribution >= 4 is 26.8 Å². The van der Waals surface area contributed by atoms with Crippen LogP contribution < -0.4 is 24.2 Å². The number of fused-ring (bicyclic) bond motifs is 1. The molecule has 0 atom stereocenters. The number of rotatable bonds is 10. The van der Waals surface area contributed by atoms with E-state index in [4.69, 9.17) is 18.1 Å². The molecule has 5 rings (SSSR count). The molecule has 1 saturated heterocycles. The van der Waals surface area contributed by atoms with Gasteiger partial charge in [-0.25, -0.2) is 4.79 Å². The summed E-state index contributed by atoms with van der Waals surface area (Å²) in [7, 11) is -2.46. The van der Waals surface area contributed by atoms with Crippen LogP contribution in [0, 0.1) is 0 Å². The maximum atomic E-state index is 12.7. The van der Waals surface area contributed by atoms with Crippen LogP contribution in [0.5, 0.6) is 17.2 Å². The van der Waals surface area contributed by atoms with Gasteiger partial charge in [0.1, 0.15) is 22.0 Å². The van der Waals surface area contributed by atoms with E-state index in [-0.39, 0.29) is 16.2 Å². The first-order chi connectivity index (χ1) is 18.9. The molecule has 1 aromatic heterocycles. The predicted octanol–water partition coefficient (Wildman–Crippen LogP) is 4.16. The van der Waals surface area contributed by atoms with Gasteiger partial charge in [0.25, 0.3) is 0 Å². The van der Waals surface area contributed by atoms with Crippen LogP contribution >= 0.6 is 0 Å². The van der Waals surface area contributed by atoms with Crippen LogP contribution in [0.4, 0.5) is 5.69 Å². The number of piperazine rings is 1. The molecule has 0 amide bonds. The van der Waals surface area contributed by atoms with Crippen LogP contribution in [0.1, 0.15) is 6.42 Å². The standard InChI is InChI=1S/C29H30N2O7S/c1-35-23-10-8-22(9-11-23)31-17-15-30(16-18-31)14-5-19-36-24-12-13-27-26(20-24)28(21-29(32)37-27)38-39(33,34)25-6-3-2-4-7-25/h2-4,6-13,20-21H,5,14-19H2,1H3. The van der Waals surface area contributed by atoms with E-state index in [9.17, 15) is 13.2 Å². The van der Waals surface area contributed by atoms with Crippen LogP contribution in [0.15, 0.2) is 93.0 Å². The molecule has 2 heterocycles. The Hall–Kier alpha value is -4.02. The van der Waals surface area contributed by atoms with Crippen molar-refractivity contribution in [2.75, 3.05) is 51.3 Å². The van der Waals surface area contributed by atoms with E-state index in [1.54, 1.807) is 43.5 Å². The fourth-order valence-corrected chi connectivity index (χ4v) is 5.49. The molecule has 0 unspecified atom stereocenters. The van der Waals surface area contributed by atoms with E-state index in [0.29, 0.717) is 17.7 Å². The lowest BCUT2D eigenvalue weighted by Gasteiger charge is -2.36. The van der Waals surface area contributed by atoms with Crippen LogP contribution in [0.25, 0.3) is 11.0 Å². The summed E-state index contributed by atoms with van der Waals surface area (Å²) >= 11 is 0. The predicted molar refractivity (Wildman–Crippen MR) is 148 cm³/mol. The molecule has 4 aromatic rings. The van der Waals surface area contributed by atoms with Crippen LogP contribution in [0.3, 0.4) is 0 Å². The van der Waals surface area contributed by atoms with Crippen LogP contribution in [-0.2, 0) is 10.1 Å². The number of benzene rings is 3. The number of ether oxygens (including phenoxy) is 2. The molecule has 0 spiro atoms. The first-order valence-corrected chi connectivity index (χ1v) is 14.1. The second-order valence-corrected chi connectivity index (χ2v) is 10.7. The number of hydrogen-bond donors (Lipinski definition) is 0. The van der Waals surface area contributed by atoms with E-state index in [0.717, 1.165) is 51.0 Å². The van der Waals surface area contributed by atoms with Gasteiger partial charge in [-0.15, -0.1) is 0 Å². The summed E-state index contributed by atoms with van der Waals surface area (Å²) in [6, 6.07) is 21.8. The van der Waals surface area contributed by atoms with Gasteiger partial charge in [0.15, 0.2) is 5.75 Å². The van der Waals surface area contributed by atoms with Crippen LogP contribution in [0.2, 0.25) is 0 Å². The average Bonchev–Trinajstić information content (AvgIpc) is 2.96. The van der Waals surface area contributed by atoms with Crippen molar-refractivity contribution in [3.8, 4) is 17.2 Å². The molecule has 3 aromatic carbocycles. The quantitative estimate of drug-likeness (QED) is 0.164. The third-order valence-electron chi connectivity index (χ3n) is 6.60. The Balaban J connectivity index is 1.16. The van der Waals surface area contributed by atoms with E-state index in [1.165, 1.54) is 17.8 Å². The zero-order valence-electron chi connectivity index (χ0n) is 21.6. The minimum atomic E-state index is -4.13. The highest BCUT2D eigenvalue weighted by Gasteiger charge is 2.20. The zero-order chi connectivity index (χ0) is 27.2. The molecular weight excluding hydrogens is 520 g/mol. The molecule has 204 valence electrons. The van der Waals surface area contributed by atoms with E-state index < -0.39 is 15.7 Å². The van der Waals surface area contributed by atoms with Gasteiger partial charge in [-0.3, -0.25) is 4.90 Å². The number of methoxy groups -OCH3 is 1. The van der Waals surface area contributed by atoms with Gasteiger partial charge in [0, 0.05) is 38.4 Å². The number of nitrogens with zero attached hydrogens (tertiary/aromatic N) is 2. The minimum Gasteiger partial charge on any atom is -0.497 e. The largest absolute Gasteiger partial charge is 0.497 e. The molecule has 0 saturated carbocycles. The van der Waals surface area contributed by atoms with Crippen molar-refractivity contribution in [2.24, 2.45) is 0 Å². The Bertz CT molecular complexity index is 1560. The number of anilines is 1. The molecule has 39 heavy (non-hydrogen) atoms. The summed E-state index contributed by atoms with van der Waals surface area (Å²) in [4.78, 5) is 16.8. The minimum absolute atomic E-state index is 0.0105. The molecule has 0 radical (unpaired) electrons. The molecule has 0 bridgehead atoms. The monoisotopic (exact) mass is 550 g/mol. The lowest BCUT2D eigenvalue weighted by Crippen LogP contribution is -2.46. The molecule has 1 fully saturated rings. The van der Waals surface area contributed by atoms with Crippen molar-refractivity contribution < 1.29 is 26.5 Å². The summed E-state index contributed by atoms with van der Waals surface area (Å²) in [6.45, 7) is 5.24. The van der Waals surface area contributed by atoms with Crippen molar-refractivity contribution in [1.82, 2.24) is 4.90 Å². The van der Waals surface area contributed by atoms with Crippen molar-refractivity contribution in [3.63, 3.8) is 0 Å². The summed E-state index contributed by atoms with van der Waals surface area (Å²) < 4.78 is 47.2. The third kappa shape index (κ3) is 6.52. The fourth-order valence-electron chi connectivity index (χ4n) is 4.53. The summed E-state index contributed by atoms with van der Waals surface area (Å²) in [5.41, 5.74) is 0.704. The van der Waals surface area contributed by atoms with E-state index >= 15 is 0 Å². The average molecular weight is 551 g/mol. The molecule has 9 nitrogen and oxygen atoms in total. The van der Waals surface area contributed by atoms with Crippen molar-refractivity contribution in [3.05, 3.63) is 89.3 Å². The summed E-state index contributed by atoms with van der Waals surface area (Å²) in [5.74, 6) is 1.28. The number of hydrogen-bond acceptors (Lipinski definition) is 9. The van der Waals surface area contributed by atoms with Crippen LogP contribution in [-0.4, -0.2) is 59.8 Å². The normalized spacial score (nSPS) is 14.3. The van der Waals surface area contributed by atoms with Gasteiger partial charge in [-0.05, 0) is 61.0 Å². The molecule has 10 heteroatoms. The van der Waals surface area contributed by atoms with Gasteiger partial charge >= 0.3 is 15.7 Å². The third-order valence-corrected chi connectivity index (χ3v) is 7.85. The van der Waals surface area contributed by atoms with E-state index in [1.807, 2.05) is 12.1 Å². The Labute approximate surface area is 227 Å².